The first-order valence-electron chi connectivity index (χ1n) is 9.41. The van der Waals surface area contributed by atoms with Crippen molar-refractivity contribution in [3.63, 3.8) is 0 Å². The van der Waals surface area contributed by atoms with Gasteiger partial charge < -0.3 is 15.8 Å². The third-order valence-electron chi connectivity index (χ3n) is 5.15. The second-order valence-corrected chi connectivity index (χ2v) is 9.29. The number of aryl methyl sites for hydroxylation is 2. The Labute approximate surface area is 179 Å². The highest BCUT2D eigenvalue weighted by Gasteiger charge is 2.28. The number of hydrogen-bond acceptors (Lipinski definition) is 6. The molecular weight excluding hydrogens is 427 g/mol. The van der Waals surface area contributed by atoms with Crippen molar-refractivity contribution in [1.82, 2.24) is 0 Å². The fraction of sp³-hybridized carbons (Fsp3) is 0.286. The van der Waals surface area contributed by atoms with E-state index >= 15 is 0 Å². The fourth-order valence-electron chi connectivity index (χ4n) is 3.68. The first-order chi connectivity index (χ1) is 14.3. The number of benzene rings is 1. The number of fused-ring (bicyclic) bond motifs is 2. The van der Waals surface area contributed by atoms with Gasteiger partial charge >= 0.3 is 5.97 Å². The molecule has 2 heterocycles. The van der Waals surface area contributed by atoms with Gasteiger partial charge in [0.1, 0.15) is 15.7 Å². The molecule has 3 N–H and O–H groups in total. The molecule has 1 aromatic carbocycles. The zero-order valence-electron chi connectivity index (χ0n) is 16.3. The van der Waals surface area contributed by atoms with Crippen LogP contribution in [0.5, 0.6) is 0 Å². The van der Waals surface area contributed by atoms with Crippen molar-refractivity contribution in [2.75, 3.05) is 5.32 Å². The van der Waals surface area contributed by atoms with Gasteiger partial charge in [-0.3, -0.25) is 9.59 Å². The molecule has 1 aliphatic rings. The van der Waals surface area contributed by atoms with E-state index in [-0.39, 0.29) is 4.88 Å². The number of carbonyl (C=O) groups excluding carboxylic acids is 3. The van der Waals surface area contributed by atoms with Gasteiger partial charge in [0.15, 0.2) is 6.10 Å². The average molecular weight is 447 g/mol. The maximum absolute atomic E-state index is 14.1. The largest absolute Gasteiger partial charge is 0.448 e. The van der Waals surface area contributed by atoms with Crippen molar-refractivity contribution >= 4 is 55.5 Å². The Morgan fingerprint density at radius 1 is 1.23 bits per heavy atom. The van der Waals surface area contributed by atoms with Crippen LogP contribution in [0.1, 0.15) is 49.4 Å². The van der Waals surface area contributed by atoms with Gasteiger partial charge in [0, 0.05) is 15.0 Å². The Bertz CT molecular complexity index is 1200. The maximum atomic E-state index is 14.1. The number of primary amides is 1. The van der Waals surface area contributed by atoms with Crippen LogP contribution in [0.15, 0.2) is 18.2 Å². The van der Waals surface area contributed by atoms with E-state index < -0.39 is 29.7 Å². The highest BCUT2D eigenvalue weighted by Crippen LogP contribution is 2.39. The number of hydrogen-bond donors (Lipinski definition) is 2. The van der Waals surface area contributed by atoms with Gasteiger partial charge in [0.2, 0.25) is 0 Å². The zero-order chi connectivity index (χ0) is 21.6. The predicted octanol–water partition coefficient (Wildman–Crippen LogP) is 4.18. The Kier molecular flexibility index (Phi) is 5.33. The lowest BCUT2D eigenvalue weighted by Gasteiger charge is -2.13. The standard InChI is InChI=1S/C21H19FN2O4S2/c1-9-15-12(22)6-4-8-14(15)29-17(9)21(27)28-10(2)19(26)24-20-16(18(23)25)11-5-3-7-13(11)30-20/h4,6,8,10H,3,5,7H2,1-2H3,(H2,23,25)(H,24,26). The summed E-state index contributed by atoms with van der Waals surface area (Å²) in [6, 6.07) is 4.64. The van der Waals surface area contributed by atoms with Crippen LogP contribution >= 0.6 is 22.7 Å². The summed E-state index contributed by atoms with van der Waals surface area (Å²) in [6.45, 7) is 3.09. The van der Waals surface area contributed by atoms with Crippen LogP contribution in [-0.4, -0.2) is 23.9 Å². The van der Waals surface area contributed by atoms with Crippen LogP contribution in [0.4, 0.5) is 9.39 Å². The molecule has 0 saturated heterocycles. The molecule has 1 unspecified atom stereocenters. The molecule has 156 valence electrons. The zero-order valence-corrected chi connectivity index (χ0v) is 18.0. The van der Waals surface area contributed by atoms with Crippen molar-refractivity contribution in [1.29, 1.82) is 0 Å². The number of halogens is 1. The Morgan fingerprint density at radius 2 is 2.00 bits per heavy atom. The molecule has 9 heteroatoms. The van der Waals surface area contributed by atoms with E-state index in [0.29, 0.717) is 26.2 Å². The van der Waals surface area contributed by atoms with Crippen LogP contribution in [0, 0.1) is 12.7 Å². The Hall–Kier alpha value is -2.78. The molecule has 0 aliphatic heterocycles. The van der Waals surface area contributed by atoms with Crippen molar-refractivity contribution in [2.45, 2.75) is 39.2 Å². The van der Waals surface area contributed by atoms with E-state index in [2.05, 4.69) is 5.32 Å². The average Bonchev–Trinajstić information content (AvgIpc) is 3.34. The quantitative estimate of drug-likeness (QED) is 0.575. The van der Waals surface area contributed by atoms with Gasteiger partial charge in [-0.2, -0.15) is 0 Å². The van der Waals surface area contributed by atoms with Gasteiger partial charge in [0.05, 0.1) is 5.56 Å². The molecule has 6 nitrogen and oxygen atoms in total. The van der Waals surface area contributed by atoms with E-state index in [1.54, 1.807) is 19.1 Å². The van der Waals surface area contributed by atoms with E-state index in [1.165, 1.54) is 24.3 Å². The summed E-state index contributed by atoms with van der Waals surface area (Å²) in [5.74, 6) is -2.25. The van der Waals surface area contributed by atoms with Crippen molar-refractivity contribution in [3.05, 3.63) is 50.5 Å². The van der Waals surface area contributed by atoms with Gasteiger partial charge in [0.25, 0.3) is 11.8 Å². The summed E-state index contributed by atoms with van der Waals surface area (Å²) in [5, 5.41) is 3.44. The summed E-state index contributed by atoms with van der Waals surface area (Å²) < 4.78 is 20.0. The number of thiophene rings is 2. The first kappa shape index (κ1) is 20.5. The number of anilines is 1. The van der Waals surface area contributed by atoms with Gasteiger partial charge in [-0.25, -0.2) is 9.18 Å². The maximum Gasteiger partial charge on any atom is 0.349 e. The molecule has 4 rings (SSSR count). The molecule has 30 heavy (non-hydrogen) atoms. The summed E-state index contributed by atoms with van der Waals surface area (Å²) in [6.07, 6.45) is 1.46. The highest BCUT2D eigenvalue weighted by atomic mass is 32.1. The second-order valence-electron chi connectivity index (χ2n) is 7.13. The third kappa shape index (κ3) is 3.48. The second kappa shape index (κ2) is 7.81. The molecule has 0 saturated carbocycles. The van der Waals surface area contributed by atoms with E-state index in [4.69, 9.17) is 10.5 Å². The van der Waals surface area contributed by atoms with Gasteiger partial charge in [-0.05, 0) is 56.4 Å². The van der Waals surface area contributed by atoms with Crippen molar-refractivity contribution in [2.24, 2.45) is 5.73 Å². The monoisotopic (exact) mass is 446 g/mol. The summed E-state index contributed by atoms with van der Waals surface area (Å²) in [5.41, 5.74) is 7.23. The van der Waals surface area contributed by atoms with Gasteiger partial charge in [-0.15, -0.1) is 22.7 Å². The lowest BCUT2D eigenvalue weighted by Crippen LogP contribution is -2.30. The molecule has 2 aromatic heterocycles. The van der Waals surface area contributed by atoms with Crippen molar-refractivity contribution < 1.29 is 23.5 Å². The van der Waals surface area contributed by atoms with E-state index in [1.807, 2.05) is 0 Å². The molecule has 0 fully saturated rings. The topological polar surface area (TPSA) is 98.5 Å². The SMILES string of the molecule is Cc1c(C(=O)OC(C)C(=O)Nc2sc3c(c2C(N)=O)CCC3)sc2cccc(F)c12. The molecule has 1 atom stereocenters. The number of nitrogens with one attached hydrogen (secondary N) is 1. The van der Waals surface area contributed by atoms with Crippen LogP contribution in [-0.2, 0) is 22.4 Å². The number of rotatable bonds is 5. The number of carbonyl (C=O) groups is 3. The molecule has 0 bridgehead atoms. The summed E-state index contributed by atoms with van der Waals surface area (Å²) in [4.78, 5) is 38.4. The Balaban J connectivity index is 1.51. The number of ether oxygens (including phenoxy) is 1. The number of amides is 2. The van der Waals surface area contributed by atoms with Crippen LogP contribution in [0.3, 0.4) is 0 Å². The Morgan fingerprint density at radius 3 is 2.70 bits per heavy atom. The minimum absolute atomic E-state index is 0.252. The van der Waals surface area contributed by atoms with Crippen LogP contribution in [0.2, 0.25) is 0 Å². The fourth-order valence-corrected chi connectivity index (χ4v) is 6.09. The highest BCUT2D eigenvalue weighted by molar-refractivity contribution is 7.21. The van der Waals surface area contributed by atoms with Crippen LogP contribution in [0.25, 0.3) is 10.1 Å². The third-order valence-corrected chi connectivity index (χ3v) is 7.59. The van der Waals surface area contributed by atoms with Crippen LogP contribution < -0.4 is 11.1 Å². The van der Waals surface area contributed by atoms with Crippen molar-refractivity contribution in [3.8, 4) is 0 Å². The smallest absolute Gasteiger partial charge is 0.349 e. The van der Waals surface area contributed by atoms with Gasteiger partial charge in [-0.1, -0.05) is 6.07 Å². The molecule has 1 aliphatic carbocycles. The minimum Gasteiger partial charge on any atom is -0.448 e. The number of esters is 1. The molecule has 0 spiro atoms. The summed E-state index contributed by atoms with van der Waals surface area (Å²) in [7, 11) is 0. The van der Waals surface area contributed by atoms with E-state index in [0.717, 1.165) is 41.0 Å². The predicted molar refractivity (Wildman–Crippen MR) is 115 cm³/mol. The first-order valence-corrected chi connectivity index (χ1v) is 11.0. The van der Waals surface area contributed by atoms with E-state index in [9.17, 15) is 18.8 Å². The number of nitrogens with two attached hydrogens (primary N) is 1. The molecule has 2 amide bonds. The normalized spacial score (nSPS) is 13.8. The molecule has 0 radical (unpaired) electrons. The summed E-state index contributed by atoms with van der Waals surface area (Å²) >= 11 is 2.45. The molecular formula is C21H19FN2O4S2. The lowest BCUT2D eigenvalue weighted by molar-refractivity contribution is -0.123. The minimum atomic E-state index is -1.11. The molecule has 3 aromatic rings. The lowest BCUT2D eigenvalue weighted by atomic mass is 10.1.